The van der Waals surface area contributed by atoms with Gasteiger partial charge in [0.05, 0.1) is 66.2 Å². The van der Waals surface area contributed by atoms with Crippen molar-refractivity contribution in [2.24, 2.45) is 0 Å². The predicted molar refractivity (Wildman–Crippen MR) is 499 cm³/mol. The van der Waals surface area contributed by atoms with Gasteiger partial charge in [-0.15, -0.1) is 0 Å². The lowest BCUT2D eigenvalue weighted by atomic mass is 10.0. The Morgan fingerprint density at radius 2 is 0.358 bits per heavy atom. The Morgan fingerprint density at radius 3 is 0.733 bits per heavy atom. The molecule has 0 atom stereocenters. The lowest BCUT2D eigenvalue weighted by Gasteiger charge is -2.12. The van der Waals surface area contributed by atoms with E-state index in [9.17, 15) is 0 Å². The monoisotopic (exact) mass is 1530 g/mol. The molecule has 9 heteroatoms. The molecule has 564 valence electrons. The zero-order chi connectivity index (χ0) is 79.4. The predicted octanol–water partition coefficient (Wildman–Crippen LogP) is 28.4. The van der Waals surface area contributed by atoms with E-state index in [0.29, 0.717) is 0 Å². The average molecular weight is 1530 g/mol. The van der Waals surface area contributed by atoms with E-state index in [2.05, 4.69) is 446 Å². The molecular formula is C111H75N9. The summed E-state index contributed by atoms with van der Waals surface area (Å²) in [6.07, 6.45) is 0. The fraction of sp³-hybridized carbons (Fsp3) is 0. The summed E-state index contributed by atoms with van der Waals surface area (Å²) in [4.78, 5) is 15.2. The largest absolute Gasteiger partial charge is 0.309 e. The van der Waals surface area contributed by atoms with Crippen LogP contribution in [-0.4, -0.2) is 42.4 Å². The number of imidazole rings is 3. The quantitative estimate of drug-likeness (QED) is 0.122. The fourth-order valence-corrected chi connectivity index (χ4v) is 17.7. The molecule has 0 fully saturated rings. The molecule has 24 rings (SSSR count). The molecule has 0 unspecified atom stereocenters. The van der Waals surface area contributed by atoms with Crippen molar-refractivity contribution in [1.29, 1.82) is 0 Å². The summed E-state index contributed by atoms with van der Waals surface area (Å²) >= 11 is 0. The molecule has 9 nitrogen and oxygen atoms in total. The van der Waals surface area contributed by atoms with Gasteiger partial charge < -0.3 is 13.7 Å². The van der Waals surface area contributed by atoms with Crippen LogP contribution in [0, 0.1) is 0 Å². The van der Waals surface area contributed by atoms with Crippen molar-refractivity contribution in [1.82, 2.24) is 42.4 Å². The number of para-hydroxylation sites is 15. The van der Waals surface area contributed by atoms with E-state index < -0.39 is 0 Å². The molecule has 24 aromatic rings. The highest BCUT2D eigenvalue weighted by molar-refractivity contribution is 6.13. The van der Waals surface area contributed by atoms with Crippen LogP contribution in [-0.2, 0) is 0 Å². The first-order chi connectivity index (χ1) is 59.5. The van der Waals surface area contributed by atoms with Crippen LogP contribution in [0.15, 0.2) is 455 Å². The summed E-state index contributed by atoms with van der Waals surface area (Å²) in [5.41, 5.74) is 30.7. The maximum absolute atomic E-state index is 5.08. The molecule has 0 aliphatic carbocycles. The lowest BCUT2D eigenvalue weighted by Crippen LogP contribution is -1.97. The third kappa shape index (κ3) is 12.6. The van der Waals surface area contributed by atoms with E-state index in [1.807, 2.05) is 36.4 Å². The molecule has 0 saturated carbocycles. The van der Waals surface area contributed by atoms with Crippen LogP contribution in [0.3, 0.4) is 0 Å². The van der Waals surface area contributed by atoms with E-state index in [1.165, 1.54) is 105 Å². The molecule has 0 aliphatic heterocycles. The Bertz CT molecular complexity index is 7890. The van der Waals surface area contributed by atoms with E-state index in [-0.39, 0.29) is 0 Å². The standard InChI is InChI=1S/3C37H25N3/c1-3-14-29(15-4-1)39-34-20-9-7-18-31(34)32-25-27(22-23-35(32)39)26-12-11-13-28(24-26)37-38-33-19-8-10-21-36(33)40(37)30-16-5-2-6-17-30;1-3-11-29(12-4-1)39-34-17-9-7-15-31(34)32-25-28(23-24-35(32)39)26-19-21-27(22-20-26)37-38-33-16-8-10-18-36(33)40(37)30-13-5-2-6-14-30;1-2-15-29(16-3-1)40-36-23-9-6-20-33(36)38-37(40)28-14-10-12-26(24-28)27-13-11-17-30(25-27)39-34-21-7-4-18-31(34)32-19-5-8-22-35(32)39/h3*1-25H. The van der Waals surface area contributed by atoms with Crippen LogP contribution in [0.2, 0.25) is 0 Å². The van der Waals surface area contributed by atoms with Gasteiger partial charge in [-0.2, -0.15) is 0 Å². The van der Waals surface area contributed by atoms with Gasteiger partial charge >= 0.3 is 0 Å². The van der Waals surface area contributed by atoms with Crippen LogP contribution in [0.1, 0.15) is 0 Å². The van der Waals surface area contributed by atoms with Crippen molar-refractivity contribution in [3.8, 4) is 102 Å². The van der Waals surface area contributed by atoms with Gasteiger partial charge in [-0.3, -0.25) is 13.7 Å². The summed E-state index contributed by atoms with van der Waals surface area (Å²) in [7, 11) is 0. The fourth-order valence-electron chi connectivity index (χ4n) is 17.7. The molecule has 0 N–H and O–H groups in total. The number of nitrogens with zero attached hydrogens (tertiary/aromatic N) is 9. The molecule has 120 heavy (non-hydrogen) atoms. The van der Waals surface area contributed by atoms with Crippen LogP contribution in [0.25, 0.3) is 200 Å². The van der Waals surface area contributed by atoms with Gasteiger partial charge in [-0.05, 0) is 203 Å². The number of hydrogen-bond acceptors (Lipinski definition) is 3. The first-order valence-electron chi connectivity index (χ1n) is 40.7. The molecule has 0 spiro atoms. The topological polar surface area (TPSA) is 68.2 Å². The smallest absolute Gasteiger partial charge is 0.145 e. The Hall–Kier alpha value is -16.2. The second-order valence-corrected chi connectivity index (χ2v) is 30.3. The summed E-state index contributed by atoms with van der Waals surface area (Å²) in [6, 6.07) is 161. The molecule has 0 saturated heterocycles. The van der Waals surface area contributed by atoms with Crippen LogP contribution in [0.5, 0.6) is 0 Å². The number of fused-ring (bicyclic) bond motifs is 12. The minimum absolute atomic E-state index is 0.938. The molecule has 0 amide bonds. The zero-order valence-electron chi connectivity index (χ0n) is 65.3. The van der Waals surface area contributed by atoms with Crippen molar-refractivity contribution in [2.45, 2.75) is 0 Å². The molecular weight excluding hydrogens is 1460 g/mol. The number of aromatic nitrogens is 9. The average Bonchev–Trinajstić information content (AvgIpc) is 1.61. The van der Waals surface area contributed by atoms with Gasteiger partial charge in [0.1, 0.15) is 17.5 Å². The summed E-state index contributed by atoms with van der Waals surface area (Å²) in [5, 5.41) is 7.56. The molecule has 6 heterocycles. The van der Waals surface area contributed by atoms with Gasteiger partial charge in [0.2, 0.25) is 0 Å². The summed E-state index contributed by atoms with van der Waals surface area (Å²) in [5.74, 6) is 2.82. The number of benzene rings is 18. The minimum Gasteiger partial charge on any atom is -0.309 e. The highest BCUT2D eigenvalue weighted by Crippen LogP contribution is 2.42. The van der Waals surface area contributed by atoms with Gasteiger partial charge in [0.25, 0.3) is 0 Å². The Labute approximate surface area is 693 Å². The highest BCUT2D eigenvalue weighted by atomic mass is 15.1. The van der Waals surface area contributed by atoms with E-state index in [0.717, 1.165) is 95.6 Å². The molecule has 6 aromatic heterocycles. The summed E-state index contributed by atoms with van der Waals surface area (Å²) in [6.45, 7) is 0. The first-order valence-corrected chi connectivity index (χ1v) is 40.7. The van der Waals surface area contributed by atoms with Crippen molar-refractivity contribution in [2.75, 3.05) is 0 Å². The van der Waals surface area contributed by atoms with Gasteiger partial charge in [-0.25, -0.2) is 15.0 Å². The second kappa shape index (κ2) is 30.2. The molecule has 18 aromatic carbocycles. The van der Waals surface area contributed by atoms with Crippen molar-refractivity contribution in [3.05, 3.63) is 455 Å². The van der Waals surface area contributed by atoms with Crippen molar-refractivity contribution >= 4 is 98.5 Å². The third-order valence-corrected chi connectivity index (χ3v) is 23.2. The van der Waals surface area contributed by atoms with E-state index in [1.54, 1.807) is 0 Å². The molecule has 0 radical (unpaired) electrons. The first kappa shape index (κ1) is 70.4. The Morgan fingerprint density at radius 1 is 0.125 bits per heavy atom. The Balaban J connectivity index is 0.000000108. The lowest BCUT2D eigenvalue weighted by molar-refractivity contribution is 1.10. The van der Waals surface area contributed by atoms with Crippen LogP contribution < -0.4 is 0 Å². The zero-order valence-corrected chi connectivity index (χ0v) is 65.3. The van der Waals surface area contributed by atoms with Gasteiger partial charge in [0, 0.05) is 83.1 Å². The molecule has 0 bridgehead atoms. The summed E-state index contributed by atoms with van der Waals surface area (Å²) < 4.78 is 13.8. The normalized spacial score (nSPS) is 11.5. The van der Waals surface area contributed by atoms with Crippen molar-refractivity contribution in [3.63, 3.8) is 0 Å². The van der Waals surface area contributed by atoms with Crippen LogP contribution >= 0.6 is 0 Å². The second-order valence-electron chi connectivity index (χ2n) is 30.3. The van der Waals surface area contributed by atoms with E-state index >= 15 is 0 Å². The Kier molecular flexibility index (Phi) is 17.7. The van der Waals surface area contributed by atoms with Crippen molar-refractivity contribution < 1.29 is 0 Å². The third-order valence-electron chi connectivity index (χ3n) is 23.2. The van der Waals surface area contributed by atoms with Gasteiger partial charge in [0.15, 0.2) is 0 Å². The SMILES string of the molecule is c1ccc(-n2c(-c3ccc(-c4ccc5c(c4)c4ccccc4n5-c4ccccc4)cc3)nc3ccccc32)cc1.c1ccc(-n2c(-c3cccc(-c4ccc5c(c4)c4ccccc4n5-c4ccccc4)c3)nc3ccccc32)cc1.c1ccc(-n2c(-c3cccc(-c4cccc(-n5c6ccccc6c6ccccc65)c4)c3)nc3ccccc32)cc1. The maximum atomic E-state index is 5.08. The highest BCUT2D eigenvalue weighted by Gasteiger charge is 2.22. The van der Waals surface area contributed by atoms with E-state index in [4.69, 9.17) is 15.0 Å². The number of rotatable bonds is 12. The minimum atomic E-state index is 0.938. The van der Waals surface area contributed by atoms with Crippen LogP contribution in [0.4, 0.5) is 0 Å². The van der Waals surface area contributed by atoms with Gasteiger partial charge in [-0.1, -0.05) is 285 Å². The maximum Gasteiger partial charge on any atom is 0.145 e. The number of hydrogen-bond donors (Lipinski definition) is 0. The molecule has 0 aliphatic rings.